The Labute approximate surface area is 218 Å². The van der Waals surface area contributed by atoms with Crippen LogP contribution in [-0.4, -0.2) is 35.3 Å². The number of methoxy groups -OCH3 is 1. The number of aryl methyl sites for hydroxylation is 1. The van der Waals surface area contributed by atoms with Crippen molar-refractivity contribution in [2.24, 2.45) is 5.10 Å². The number of nitrogens with zero attached hydrogens (tertiary/aromatic N) is 3. The van der Waals surface area contributed by atoms with Gasteiger partial charge >= 0.3 is 0 Å². The fourth-order valence-electron chi connectivity index (χ4n) is 3.34. The van der Waals surface area contributed by atoms with Crippen molar-refractivity contribution in [3.8, 4) is 11.5 Å². The second kappa shape index (κ2) is 12.4. The van der Waals surface area contributed by atoms with E-state index < -0.39 is 0 Å². The second-order valence-electron chi connectivity index (χ2n) is 7.92. The van der Waals surface area contributed by atoms with E-state index in [1.54, 1.807) is 31.4 Å². The Kier molecular flexibility index (Phi) is 8.56. The lowest BCUT2D eigenvalue weighted by molar-refractivity contribution is -0.120. The second-order valence-corrected chi connectivity index (χ2v) is 8.99. The van der Waals surface area contributed by atoms with Gasteiger partial charge in [-0.15, -0.1) is 10.2 Å². The first-order valence-electron chi connectivity index (χ1n) is 11.4. The van der Waals surface area contributed by atoms with Crippen LogP contribution in [0.4, 0.5) is 5.13 Å². The van der Waals surface area contributed by atoms with Gasteiger partial charge in [-0.1, -0.05) is 59.9 Å². The molecule has 0 aliphatic carbocycles. The van der Waals surface area contributed by atoms with E-state index in [4.69, 9.17) is 9.47 Å². The molecular formula is C27H25N5O4S. The third-order valence-electron chi connectivity index (χ3n) is 5.22. The molecule has 37 heavy (non-hydrogen) atoms. The Hall–Kier alpha value is -4.57. The van der Waals surface area contributed by atoms with Crippen LogP contribution in [-0.2, 0) is 17.8 Å². The normalized spacial score (nSPS) is 10.8. The van der Waals surface area contributed by atoms with Crippen LogP contribution in [0.1, 0.15) is 32.1 Å². The lowest BCUT2D eigenvalue weighted by Crippen LogP contribution is -2.19. The number of nitrogens with one attached hydrogen (secondary N) is 2. The van der Waals surface area contributed by atoms with E-state index in [1.807, 2.05) is 55.5 Å². The molecule has 0 radical (unpaired) electrons. The van der Waals surface area contributed by atoms with Crippen LogP contribution in [0.25, 0.3) is 0 Å². The van der Waals surface area contributed by atoms with Crippen LogP contribution in [0.5, 0.6) is 11.5 Å². The molecule has 0 spiro atoms. The maximum Gasteiger partial charge on any atom is 0.257 e. The molecule has 1 aromatic heterocycles. The lowest BCUT2D eigenvalue weighted by Gasteiger charge is -2.11. The molecular weight excluding hydrogens is 490 g/mol. The van der Waals surface area contributed by atoms with Gasteiger partial charge in [0.25, 0.3) is 5.91 Å². The molecule has 9 nitrogen and oxygen atoms in total. The van der Waals surface area contributed by atoms with Gasteiger partial charge < -0.3 is 9.47 Å². The van der Waals surface area contributed by atoms with Gasteiger partial charge in [-0.05, 0) is 47.9 Å². The van der Waals surface area contributed by atoms with Crippen LogP contribution in [0, 0.1) is 6.92 Å². The summed E-state index contributed by atoms with van der Waals surface area (Å²) in [6.45, 7) is 2.28. The number of amides is 2. The summed E-state index contributed by atoms with van der Waals surface area (Å²) in [4.78, 5) is 24.7. The third kappa shape index (κ3) is 7.21. The number of aromatic nitrogens is 2. The van der Waals surface area contributed by atoms with Gasteiger partial charge in [-0.2, -0.15) is 5.10 Å². The van der Waals surface area contributed by atoms with E-state index >= 15 is 0 Å². The largest absolute Gasteiger partial charge is 0.493 e. The SMILES string of the molecule is COc1cc(C=NNC(=O)Cc2nnc(NC(=O)c3ccccc3C)s2)ccc1OCc1ccccc1. The van der Waals surface area contributed by atoms with Crippen molar-refractivity contribution >= 4 is 34.5 Å². The van der Waals surface area contributed by atoms with Gasteiger partial charge in [0.1, 0.15) is 11.6 Å². The molecule has 0 aliphatic heterocycles. The van der Waals surface area contributed by atoms with Crippen LogP contribution in [0.15, 0.2) is 77.9 Å². The monoisotopic (exact) mass is 515 g/mol. The number of ether oxygens (including phenoxy) is 2. The number of benzene rings is 3. The first kappa shape index (κ1) is 25.5. The predicted molar refractivity (Wildman–Crippen MR) is 142 cm³/mol. The molecule has 0 unspecified atom stereocenters. The Balaban J connectivity index is 1.28. The quantitative estimate of drug-likeness (QED) is 0.239. The van der Waals surface area contributed by atoms with Crippen LogP contribution in [0.2, 0.25) is 0 Å². The number of rotatable bonds is 10. The zero-order valence-electron chi connectivity index (χ0n) is 20.3. The molecule has 2 amide bonds. The molecule has 0 aliphatic rings. The number of anilines is 1. The van der Waals surface area contributed by atoms with Gasteiger partial charge in [0, 0.05) is 5.56 Å². The Bertz CT molecular complexity index is 1400. The number of carbonyl (C=O) groups is 2. The van der Waals surface area contributed by atoms with E-state index in [2.05, 4.69) is 26.0 Å². The Morgan fingerprint density at radius 3 is 2.57 bits per heavy atom. The summed E-state index contributed by atoms with van der Waals surface area (Å²) in [5.41, 5.74) is 5.66. The topological polar surface area (TPSA) is 115 Å². The standard InChI is InChI=1S/C27H25N5O4S/c1-18-8-6-7-11-21(18)26(34)29-27-32-31-25(37-27)15-24(33)30-28-16-20-12-13-22(23(14-20)35-2)36-17-19-9-4-3-5-10-19/h3-14,16H,15,17H2,1-2H3,(H,30,33)(H,29,32,34). The summed E-state index contributed by atoms with van der Waals surface area (Å²) in [6.07, 6.45) is 1.49. The van der Waals surface area contributed by atoms with Crippen LogP contribution >= 0.6 is 11.3 Å². The van der Waals surface area contributed by atoms with Crippen molar-refractivity contribution in [3.05, 3.63) is 100 Å². The third-order valence-corrected chi connectivity index (χ3v) is 6.06. The molecule has 0 bridgehead atoms. The van der Waals surface area contributed by atoms with Gasteiger partial charge in [-0.25, -0.2) is 5.43 Å². The maximum atomic E-state index is 12.4. The lowest BCUT2D eigenvalue weighted by atomic mass is 10.1. The summed E-state index contributed by atoms with van der Waals surface area (Å²) in [6, 6.07) is 22.5. The summed E-state index contributed by atoms with van der Waals surface area (Å²) < 4.78 is 11.3. The van der Waals surface area contributed by atoms with Crippen molar-refractivity contribution in [2.45, 2.75) is 20.0 Å². The average Bonchev–Trinajstić information content (AvgIpc) is 3.34. The number of hydrogen-bond donors (Lipinski definition) is 2. The van der Waals surface area contributed by atoms with Gasteiger partial charge in [-0.3, -0.25) is 14.9 Å². The molecule has 0 fully saturated rings. The highest BCUT2D eigenvalue weighted by Gasteiger charge is 2.13. The smallest absolute Gasteiger partial charge is 0.257 e. The van der Waals surface area contributed by atoms with E-state index in [-0.39, 0.29) is 18.2 Å². The minimum atomic E-state index is -0.362. The molecule has 0 atom stereocenters. The van der Waals surface area contributed by atoms with Gasteiger partial charge in [0.05, 0.1) is 19.7 Å². The molecule has 0 saturated carbocycles. The molecule has 4 rings (SSSR count). The minimum Gasteiger partial charge on any atom is -0.493 e. The molecule has 10 heteroatoms. The molecule has 188 valence electrons. The Morgan fingerprint density at radius 1 is 1.00 bits per heavy atom. The van der Waals surface area contributed by atoms with Crippen molar-refractivity contribution in [1.29, 1.82) is 0 Å². The molecule has 0 saturated heterocycles. The van der Waals surface area contributed by atoms with Crippen LogP contribution in [0.3, 0.4) is 0 Å². The molecule has 2 N–H and O–H groups in total. The minimum absolute atomic E-state index is 0.0230. The summed E-state index contributed by atoms with van der Waals surface area (Å²) in [5.74, 6) is 0.523. The highest BCUT2D eigenvalue weighted by Crippen LogP contribution is 2.28. The van der Waals surface area contributed by atoms with Gasteiger partial charge in [0.2, 0.25) is 11.0 Å². The number of carbonyl (C=O) groups excluding carboxylic acids is 2. The first-order chi connectivity index (χ1) is 18.0. The molecule has 4 aromatic rings. The summed E-state index contributed by atoms with van der Waals surface area (Å²) >= 11 is 1.13. The zero-order chi connectivity index (χ0) is 26.0. The van der Waals surface area contributed by atoms with Crippen molar-refractivity contribution in [3.63, 3.8) is 0 Å². The molecule has 3 aromatic carbocycles. The van der Waals surface area contributed by atoms with Gasteiger partial charge in [0.15, 0.2) is 11.5 Å². The first-order valence-corrected chi connectivity index (χ1v) is 12.2. The average molecular weight is 516 g/mol. The van der Waals surface area contributed by atoms with E-state index in [0.717, 1.165) is 28.0 Å². The number of hydrazone groups is 1. The fourth-order valence-corrected chi connectivity index (χ4v) is 4.08. The summed E-state index contributed by atoms with van der Waals surface area (Å²) in [5, 5.41) is 15.4. The van der Waals surface area contributed by atoms with Crippen molar-refractivity contribution < 1.29 is 19.1 Å². The maximum absolute atomic E-state index is 12.4. The van der Waals surface area contributed by atoms with Crippen molar-refractivity contribution in [2.75, 3.05) is 12.4 Å². The predicted octanol–water partition coefficient (Wildman–Crippen LogP) is 4.38. The zero-order valence-corrected chi connectivity index (χ0v) is 21.1. The fraction of sp³-hybridized carbons (Fsp3) is 0.148. The number of hydrogen-bond acceptors (Lipinski definition) is 8. The van der Waals surface area contributed by atoms with E-state index in [1.165, 1.54) is 6.21 Å². The van der Waals surface area contributed by atoms with Crippen molar-refractivity contribution in [1.82, 2.24) is 15.6 Å². The van der Waals surface area contributed by atoms with E-state index in [0.29, 0.717) is 33.8 Å². The van der Waals surface area contributed by atoms with Crippen LogP contribution < -0.4 is 20.2 Å². The Morgan fingerprint density at radius 2 is 1.78 bits per heavy atom. The summed E-state index contributed by atoms with van der Waals surface area (Å²) in [7, 11) is 1.56. The molecule has 1 heterocycles. The highest BCUT2D eigenvalue weighted by atomic mass is 32.1. The highest BCUT2D eigenvalue weighted by molar-refractivity contribution is 7.15. The van der Waals surface area contributed by atoms with E-state index in [9.17, 15) is 9.59 Å².